The minimum absolute atomic E-state index is 0.278. The van der Waals surface area contributed by atoms with Gasteiger partial charge in [0.05, 0.1) is 12.4 Å². The van der Waals surface area contributed by atoms with Gasteiger partial charge in [-0.15, -0.1) is 0 Å². The molecule has 3 aromatic rings. The Morgan fingerprint density at radius 2 is 1.85 bits per heavy atom. The highest BCUT2D eigenvalue weighted by atomic mass is 16.2. The molecule has 2 atom stereocenters. The van der Waals surface area contributed by atoms with Crippen LogP contribution in [0.25, 0.3) is 5.69 Å². The summed E-state index contributed by atoms with van der Waals surface area (Å²) in [5.41, 5.74) is 1.94. The predicted molar refractivity (Wildman–Crippen MR) is 124 cm³/mol. The Morgan fingerprint density at radius 3 is 2.52 bits per heavy atom. The van der Waals surface area contributed by atoms with Gasteiger partial charge in [-0.05, 0) is 49.9 Å². The summed E-state index contributed by atoms with van der Waals surface area (Å²) in [5, 5.41) is 5.63. The number of nitrogens with one attached hydrogen (secondary N) is 2. The van der Waals surface area contributed by atoms with Gasteiger partial charge in [-0.3, -0.25) is 14.5 Å². The maximum atomic E-state index is 13.0. The van der Waals surface area contributed by atoms with Gasteiger partial charge in [-0.1, -0.05) is 42.5 Å². The van der Waals surface area contributed by atoms with Crippen LogP contribution in [0.4, 0.5) is 4.79 Å². The standard InChI is InChI=1S/C25H27N5O3/c1-18(20-8-10-21(11-9-20)29-15-14-26-17-29)27-22(31)16-30-23(32)25(2,28-24(30)33)13-12-19-6-4-3-5-7-19/h3-11,14-15,17-18H,12-13,16H2,1-2H3,(H,27,31)(H,28,33)/t18-,25-/m0/s1. The predicted octanol–water partition coefficient (Wildman–Crippen LogP) is 2.99. The molecule has 0 saturated carbocycles. The Kier molecular flexibility index (Phi) is 6.26. The van der Waals surface area contributed by atoms with Crippen LogP contribution in [-0.4, -0.2) is 44.4 Å². The van der Waals surface area contributed by atoms with E-state index in [0.717, 1.165) is 21.7 Å². The highest BCUT2D eigenvalue weighted by Crippen LogP contribution is 2.23. The number of nitrogens with zero attached hydrogens (tertiary/aromatic N) is 3. The molecule has 4 amide bonds. The van der Waals surface area contributed by atoms with E-state index in [4.69, 9.17) is 0 Å². The van der Waals surface area contributed by atoms with Gasteiger partial charge in [0.15, 0.2) is 0 Å². The van der Waals surface area contributed by atoms with E-state index in [1.54, 1.807) is 19.4 Å². The normalized spacial score (nSPS) is 18.8. The van der Waals surface area contributed by atoms with Crippen molar-refractivity contribution in [3.8, 4) is 5.69 Å². The number of amides is 4. The molecule has 1 aliphatic rings. The van der Waals surface area contributed by atoms with E-state index in [2.05, 4.69) is 15.6 Å². The Labute approximate surface area is 192 Å². The Balaban J connectivity index is 1.33. The monoisotopic (exact) mass is 445 g/mol. The molecule has 8 nitrogen and oxygen atoms in total. The third-order valence-electron chi connectivity index (χ3n) is 5.98. The average Bonchev–Trinajstić information content (AvgIpc) is 3.42. The first-order valence-electron chi connectivity index (χ1n) is 10.9. The number of hydrogen-bond acceptors (Lipinski definition) is 4. The van der Waals surface area contributed by atoms with Gasteiger partial charge >= 0.3 is 6.03 Å². The first kappa shape index (κ1) is 22.3. The number of carbonyl (C=O) groups excluding carboxylic acids is 3. The van der Waals surface area contributed by atoms with Crippen molar-refractivity contribution >= 4 is 17.8 Å². The van der Waals surface area contributed by atoms with Gasteiger partial charge in [-0.2, -0.15) is 0 Å². The first-order chi connectivity index (χ1) is 15.9. The van der Waals surface area contributed by atoms with E-state index in [9.17, 15) is 14.4 Å². The van der Waals surface area contributed by atoms with Crippen molar-refractivity contribution in [1.82, 2.24) is 25.1 Å². The van der Waals surface area contributed by atoms with Crippen LogP contribution in [0.2, 0.25) is 0 Å². The summed E-state index contributed by atoms with van der Waals surface area (Å²) in [6.45, 7) is 3.25. The van der Waals surface area contributed by atoms with Crippen molar-refractivity contribution in [3.63, 3.8) is 0 Å². The SMILES string of the molecule is C[C@H](NC(=O)CN1C(=O)N[C@@](C)(CCc2ccccc2)C1=O)c1ccc(-n2ccnc2)cc1. The molecule has 8 heteroatoms. The minimum Gasteiger partial charge on any atom is -0.348 e. The van der Waals surface area contributed by atoms with Crippen LogP contribution in [0, 0.1) is 0 Å². The number of aromatic nitrogens is 2. The van der Waals surface area contributed by atoms with Crippen LogP contribution >= 0.6 is 0 Å². The topological polar surface area (TPSA) is 96.3 Å². The molecule has 0 spiro atoms. The van der Waals surface area contributed by atoms with Gasteiger partial charge in [0.1, 0.15) is 12.1 Å². The molecule has 2 N–H and O–H groups in total. The molecule has 0 bridgehead atoms. The highest BCUT2D eigenvalue weighted by Gasteiger charge is 2.47. The van der Waals surface area contributed by atoms with Crippen LogP contribution < -0.4 is 10.6 Å². The van der Waals surface area contributed by atoms with E-state index in [1.165, 1.54) is 0 Å². The fourth-order valence-electron chi connectivity index (χ4n) is 3.96. The lowest BCUT2D eigenvalue weighted by molar-refractivity contribution is -0.134. The molecule has 33 heavy (non-hydrogen) atoms. The average molecular weight is 446 g/mol. The van der Waals surface area contributed by atoms with Gasteiger partial charge < -0.3 is 15.2 Å². The van der Waals surface area contributed by atoms with E-state index in [-0.39, 0.29) is 18.5 Å². The minimum atomic E-state index is -1.03. The van der Waals surface area contributed by atoms with Gasteiger partial charge in [-0.25, -0.2) is 9.78 Å². The van der Waals surface area contributed by atoms with Crippen molar-refractivity contribution in [2.24, 2.45) is 0 Å². The zero-order valence-corrected chi connectivity index (χ0v) is 18.7. The summed E-state index contributed by atoms with van der Waals surface area (Å²) >= 11 is 0. The van der Waals surface area contributed by atoms with E-state index >= 15 is 0 Å². The Morgan fingerprint density at radius 1 is 1.12 bits per heavy atom. The lowest BCUT2D eigenvalue weighted by atomic mass is 9.93. The van der Waals surface area contributed by atoms with Crippen molar-refractivity contribution in [3.05, 3.63) is 84.4 Å². The number of carbonyl (C=O) groups is 3. The number of imidazole rings is 1. The number of urea groups is 1. The van der Waals surface area contributed by atoms with Crippen molar-refractivity contribution in [2.75, 3.05) is 6.54 Å². The molecule has 1 aromatic heterocycles. The lowest BCUT2D eigenvalue weighted by Gasteiger charge is -2.22. The molecule has 170 valence electrons. The number of benzene rings is 2. The molecule has 0 unspecified atom stereocenters. The molecule has 1 fully saturated rings. The molecule has 2 heterocycles. The maximum absolute atomic E-state index is 13.0. The van der Waals surface area contributed by atoms with Gasteiger partial charge in [0.25, 0.3) is 5.91 Å². The molecule has 2 aromatic carbocycles. The third-order valence-corrected chi connectivity index (χ3v) is 5.98. The summed E-state index contributed by atoms with van der Waals surface area (Å²) in [4.78, 5) is 43.1. The summed E-state index contributed by atoms with van der Waals surface area (Å²) in [6.07, 6.45) is 6.38. The summed E-state index contributed by atoms with van der Waals surface area (Å²) in [6, 6.07) is 16.7. The smallest absolute Gasteiger partial charge is 0.325 e. The third kappa shape index (κ3) is 4.95. The molecular formula is C25H27N5O3. The summed E-state index contributed by atoms with van der Waals surface area (Å²) in [5.74, 6) is -0.770. The second-order valence-corrected chi connectivity index (χ2v) is 8.49. The van der Waals surface area contributed by atoms with E-state index in [0.29, 0.717) is 12.8 Å². The molecule has 1 aliphatic heterocycles. The van der Waals surface area contributed by atoms with Gasteiger partial charge in [0.2, 0.25) is 5.91 Å². The lowest BCUT2D eigenvalue weighted by Crippen LogP contribution is -2.45. The summed E-state index contributed by atoms with van der Waals surface area (Å²) < 4.78 is 1.89. The zero-order valence-electron chi connectivity index (χ0n) is 18.7. The second kappa shape index (κ2) is 9.28. The molecule has 0 radical (unpaired) electrons. The van der Waals surface area contributed by atoms with Crippen LogP contribution in [-0.2, 0) is 16.0 Å². The largest absolute Gasteiger partial charge is 0.348 e. The zero-order chi connectivity index (χ0) is 23.4. The van der Waals surface area contributed by atoms with Gasteiger partial charge in [0, 0.05) is 18.1 Å². The van der Waals surface area contributed by atoms with E-state index in [1.807, 2.05) is 72.3 Å². The maximum Gasteiger partial charge on any atom is 0.325 e. The molecular weight excluding hydrogens is 418 g/mol. The number of imide groups is 1. The van der Waals surface area contributed by atoms with Crippen LogP contribution in [0.15, 0.2) is 73.3 Å². The number of rotatable bonds is 8. The van der Waals surface area contributed by atoms with Crippen molar-refractivity contribution in [2.45, 2.75) is 38.3 Å². The van der Waals surface area contributed by atoms with Crippen molar-refractivity contribution in [1.29, 1.82) is 0 Å². The van der Waals surface area contributed by atoms with Crippen LogP contribution in [0.3, 0.4) is 0 Å². The Bertz CT molecular complexity index is 1130. The van der Waals surface area contributed by atoms with E-state index < -0.39 is 17.5 Å². The first-order valence-corrected chi connectivity index (χ1v) is 10.9. The Hall–Kier alpha value is -3.94. The van der Waals surface area contributed by atoms with Crippen LogP contribution in [0.1, 0.15) is 37.4 Å². The highest BCUT2D eigenvalue weighted by molar-refractivity contribution is 6.08. The quantitative estimate of drug-likeness (QED) is 0.521. The summed E-state index contributed by atoms with van der Waals surface area (Å²) in [7, 11) is 0. The molecule has 0 aliphatic carbocycles. The fraction of sp³-hybridized carbons (Fsp3) is 0.280. The number of aryl methyl sites for hydroxylation is 1. The van der Waals surface area contributed by atoms with Crippen molar-refractivity contribution < 1.29 is 14.4 Å². The fourth-order valence-corrected chi connectivity index (χ4v) is 3.96. The number of hydrogen-bond donors (Lipinski definition) is 2. The van der Waals surface area contributed by atoms with Crippen LogP contribution in [0.5, 0.6) is 0 Å². The molecule has 1 saturated heterocycles. The molecule has 4 rings (SSSR count). The second-order valence-electron chi connectivity index (χ2n) is 8.49.